The van der Waals surface area contributed by atoms with Gasteiger partial charge in [0, 0.05) is 20.2 Å². The number of aliphatic hydroxyl groups excluding tert-OH is 1. The summed E-state index contributed by atoms with van der Waals surface area (Å²) in [6.07, 6.45) is -0.373. The number of aliphatic hydroxyl groups is 1. The van der Waals surface area contributed by atoms with E-state index in [2.05, 4.69) is 21.1 Å². The molecule has 2 unspecified atom stereocenters. The van der Waals surface area contributed by atoms with Gasteiger partial charge in [-0.05, 0) is 41.1 Å². The zero-order chi connectivity index (χ0) is 13.0. The second-order valence-corrected chi connectivity index (χ2v) is 6.00. The third kappa shape index (κ3) is 3.90. The molecule has 0 bridgehead atoms. The van der Waals surface area contributed by atoms with E-state index in [9.17, 15) is 5.11 Å². The minimum atomic E-state index is -0.373. The molecule has 17 heavy (non-hydrogen) atoms. The molecule has 0 spiro atoms. The van der Waals surface area contributed by atoms with Gasteiger partial charge in [-0.15, -0.1) is 11.8 Å². The lowest BCUT2D eigenvalue weighted by molar-refractivity contribution is 0.196. The number of amidine groups is 1. The molecule has 94 valence electrons. The maximum absolute atomic E-state index is 9.43. The molecule has 0 aromatic heterocycles. The van der Waals surface area contributed by atoms with Gasteiger partial charge in [-0.3, -0.25) is 0 Å². The van der Waals surface area contributed by atoms with Crippen molar-refractivity contribution in [2.75, 3.05) is 0 Å². The fraction of sp³-hybridized carbons (Fsp3) is 0.364. The van der Waals surface area contributed by atoms with Crippen molar-refractivity contribution in [3.05, 3.63) is 28.2 Å². The monoisotopic (exact) mass is 318 g/mol. The molecular weight excluding hydrogens is 304 g/mol. The molecule has 0 fully saturated rings. The summed E-state index contributed by atoms with van der Waals surface area (Å²) in [4.78, 5) is 1.01. The van der Waals surface area contributed by atoms with E-state index in [0.717, 1.165) is 9.37 Å². The molecule has 0 saturated carbocycles. The quantitative estimate of drug-likeness (QED) is 0.262. The number of rotatable bonds is 4. The number of halogens is 1. The maximum atomic E-state index is 9.43. The smallest absolute Gasteiger partial charge is 0.171 e. The highest BCUT2D eigenvalue weighted by molar-refractivity contribution is 9.10. The van der Waals surface area contributed by atoms with Crippen molar-refractivity contribution in [2.24, 2.45) is 10.9 Å². The first-order valence-corrected chi connectivity index (χ1v) is 6.75. The average molecular weight is 319 g/mol. The number of oxime groups is 1. The minimum Gasteiger partial charge on any atom is -0.409 e. The van der Waals surface area contributed by atoms with Gasteiger partial charge in [0.05, 0.1) is 6.10 Å². The molecule has 4 N–H and O–H groups in total. The predicted octanol–water partition coefficient (Wildman–Crippen LogP) is 2.41. The Morgan fingerprint density at radius 2 is 2.12 bits per heavy atom. The molecule has 0 amide bonds. The summed E-state index contributed by atoms with van der Waals surface area (Å²) in [6.45, 7) is 3.72. The van der Waals surface area contributed by atoms with Gasteiger partial charge in [-0.25, -0.2) is 0 Å². The van der Waals surface area contributed by atoms with Crippen LogP contribution in [0.2, 0.25) is 0 Å². The molecule has 0 aliphatic rings. The van der Waals surface area contributed by atoms with Crippen LogP contribution in [0.1, 0.15) is 19.4 Å². The van der Waals surface area contributed by atoms with Crippen LogP contribution in [0.25, 0.3) is 0 Å². The number of hydrogen-bond donors (Lipinski definition) is 3. The Labute approximate surface area is 113 Å². The van der Waals surface area contributed by atoms with E-state index in [0.29, 0.717) is 5.56 Å². The van der Waals surface area contributed by atoms with E-state index in [-0.39, 0.29) is 17.2 Å². The van der Waals surface area contributed by atoms with E-state index in [1.807, 2.05) is 19.1 Å². The Bertz CT molecular complexity index is 424. The van der Waals surface area contributed by atoms with Gasteiger partial charge in [-0.2, -0.15) is 0 Å². The van der Waals surface area contributed by atoms with Crippen molar-refractivity contribution >= 4 is 33.5 Å². The number of hydrogen-bond acceptors (Lipinski definition) is 4. The van der Waals surface area contributed by atoms with Gasteiger partial charge in [0.25, 0.3) is 0 Å². The molecular formula is C11H15BrN2O2S. The lowest BCUT2D eigenvalue weighted by Crippen LogP contribution is -2.15. The minimum absolute atomic E-state index is 0.0667. The summed E-state index contributed by atoms with van der Waals surface area (Å²) in [5.41, 5.74) is 6.16. The molecule has 0 aliphatic heterocycles. The van der Waals surface area contributed by atoms with Gasteiger partial charge in [0.15, 0.2) is 5.84 Å². The van der Waals surface area contributed by atoms with Crippen molar-refractivity contribution in [1.29, 1.82) is 0 Å². The molecule has 0 saturated heterocycles. The summed E-state index contributed by atoms with van der Waals surface area (Å²) in [5, 5.41) is 21.1. The van der Waals surface area contributed by atoms with Crippen molar-refractivity contribution < 1.29 is 10.3 Å². The highest BCUT2D eigenvalue weighted by Crippen LogP contribution is 2.29. The molecule has 4 nitrogen and oxygen atoms in total. The molecule has 0 heterocycles. The van der Waals surface area contributed by atoms with Crippen LogP contribution in [0.4, 0.5) is 0 Å². The topological polar surface area (TPSA) is 78.8 Å². The van der Waals surface area contributed by atoms with E-state index in [1.165, 1.54) is 0 Å². The third-order valence-electron chi connectivity index (χ3n) is 2.33. The second kappa shape index (κ2) is 6.28. The van der Waals surface area contributed by atoms with Crippen LogP contribution in [0.5, 0.6) is 0 Å². The van der Waals surface area contributed by atoms with E-state index < -0.39 is 0 Å². The number of benzene rings is 1. The van der Waals surface area contributed by atoms with Gasteiger partial charge in [0.1, 0.15) is 0 Å². The van der Waals surface area contributed by atoms with Crippen molar-refractivity contribution in [2.45, 2.75) is 30.1 Å². The lowest BCUT2D eigenvalue weighted by atomic mass is 10.2. The van der Waals surface area contributed by atoms with Crippen molar-refractivity contribution in [3.63, 3.8) is 0 Å². The van der Waals surface area contributed by atoms with Crippen molar-refractivity contribution in [3.8, 4) is 0 Å². The first kappa shape index (κ1) is 14.3. The van der Waals surface area contributed by atoms with Crippen LogP contribution in [-0.2, 0) is 0 Å². The van der Waals surface area contributed by atoms with Crippen LogP contribution >= 0.6 is 27.7 Å². The second-order valence-electron chi connectivity index (χ2n) is 3.69. The summed E-state index contributed by atoms with van der Waals surface area (Å²) >= 11 is 4.94. The molecule has 2 atom stereocenters. The van der Waals surface area contributed by atoms with E-state index >= 15 is 0 Å². The summed E-state index contributed by atoms with van der Waals surface area (Å²) in [6, 6.07) is 5.54. The van der Waals surface area contributed by atoms with Crippen LogP contribution in [0.3, 0.4) is 0 Å². The summed E-state index contributed by atoms with van der Waals surface area (Å²) < 4.78 is 0.760. The lowest BCUT2D eigenvalue weighted by Gasteiger charge is -2.14. The Balaban J connectivity index is 2.90. The van der Waals surface area contributed by atoms with E-state index in [4.69, 9.17) is 10.9 Å². The van der Waals surface area contributed by atoms with Crippen LogP contribution in [0, 0.1) is 0 Å². The SMILES string of the molecule is CC(O)C(C)Sc1ccc(/C(N)=N/O)c(Br)c1. The normalized spacial score (nSPS) is 15.6. The molecule has 0 radical (unpaired) electrons. The third-order valence-corrected chi connectivity index (χ3v) is 4.27. The van der Waals surface area contributed by atoms with Gasteiger partial charge >= 0.3 is 0 Å². The average Bonchev–Trinajstić information content (AvgIpc) is 2.28. The molecule has 1 aromatic carbocycles. The first-order valence-electron chi connectivity index (χ1n) is 5.08. The molecule has 0 aliphatic carbocycles. The van der Waals surface area contributed by atoms with E-state index in [1.54, 1.807) is 24.8 Å². The summed E-state index contributed by atoms with van der Waals surface area (Å²) in [7, 11) is 0. The van der Waals surface area contributed by atoms with Gasteiger partial charge < -0.3 is 16.0 Å². The Kier molecular flexibility index (Phi) is 5.30. The maximum Gasteiger partial charge on any atom is 0.171 e. The number of nitrogens with two attached hydrogens (primary N) is 1. The fourth-order valence-electron chi connectivity index (χ4n) is 1.14. The fourth-order valence-corrected chi connectivity index (χ4v) is 2.84. The summed E-state index contributed by atoms with van der Waals surface area (Å²) in [5.74, 6) is 0.0667. The highest BCUT2D eigenvalue weighted by atomic mass is 79.9. The largest absolute Gasteiger partial charge is 0.409 e. The molecule has 6 heteroatoms. The predicted molar refractivity (Wildman–Crippen MR) is 73.7 cm³/mol. The standard InChI is InChI=1S/C11H15BrN2O2S/c1-6(15)7(2)17-8-3-4-9(10(12)5-8)11(13)14-16/h3-7,15-16H,1-2H3,(H2,13,14). The number of thioether (sulfide) groups is 1. The van der Waals surface area contributed by atoms with Crippen LogP contribution in [-0.4, -0.2) is 27.5 Å². The van der Waals surface area contributed by atoms with Crippen LogP contribution in [0.15, 0.2) is 32.7 Å². The first-order chi connectivity index (χ1) is 7.95. The Hall–Kier alpha value is -0.720. The number of nitrogens with zero attached hydrogens (tertiary/aromatic N) is 1. The zero-order valence-corrected chi connectivity index (χ0v) is 12.0. The van der Waals surface area contributed by atoms with Crippen molar-refractivity contribution in [1.82, 2.24) is 0 Å². The zero-order valence-electron chi connectivity index (χ0n) is 9.59. The Morgan fingerprint density at radius 1 is 1.47 bits per heavy atom. The molecule has 1 rings (SSSR count). The Morgan fingerprint density at radius 3 is 2.59 bits per heavy atom. The highest BCUT2D eigenvalue weighted by Gasteiger charge is 2.12. The van der Waals surface area contributed by atoms with Gasteiger partial charge in [0.2, 0.25) is 0 Å². The van der Waals surface area contributed by atoms with Crippen LogP contribution < -0.4 is 5.73 Å². The van der Waals surface area contributed by atoms with Gasteiger partial charge in [-0.1, -0.05) is 12.1 Å². The molecule has 1 aromatic rings.